The standard InChI is InChI=1S/C3H6F2NO3Si/c4-10(5)3-9-2-1-6(7)8/h1-3H2. The van der Waals surface area contributed by atoms with E-state index in [2.05, 4.69) is 4.74 Å². The summed E-state index contributed by atoms with van der Waals surface area (Å²) in [5.41, 5.74) is 0. The van der Waals surface area contributed by atoms with E-state index in [4.69, 9.17) is 0 Å². The molecular weight excluding hydrogens is 164 g/mol. The predicted octanol–water partition coefficient (Wildman–Crippen LogP) is 0.246. The Labute approximate surface area is 57.9 Å². The van der Waals surface area contributed by atoms with E-state index in [-0.39, 0.29) is 6.61 Å². The second-order valence-electron chi connectivity index (χ2n) is 1.45. The third-order valence-corrected chi connectivity index (χ3v) is 1.05. The molecule has 0 aromatic heterocycles. The van der Waals surface area contributed by atoms with Crippen molar-refractivity contribution in [1.29, 1.82) is 0 Å². The van der Waals surface area contributed by atoms with Crippen LogP contribution in [0.3, 0.4) is 0 Å². The molecule has 0 saturated carbocycles. The van der Waals surface area contributed by atoms with Crippen LogP contribution in [0.2, 0.25) is 0 Å². The van der Waals surface area contributed by atoms with E-state index in [1.54, 1.807) is 0 Å². The summed E-state index contributed by atoms with van der Waals surface area (Å²) in [6.45, 7) is -0.635. The maximum Gasteiger partial charge on any atom is 0.503 e. The second kappa shape index (κ2) is 5.24. The third kappa shape index (κ3) is 7.44. The summed E-state index contributed by atoms with van der Waals surface area (Å²) in [7, 11) is -3.38. The van der Waals surface area contributed by atoms with Crippen LogP contribution in [0.5, 0.6) is 0 Å². The number of nitrogens with zero attached hydrogens (tertiary/aromatic N) is 1. The zero-order valence-corrected chi connectivity index (χ0v) is 6.05. The Balaban J connectivity index is 2.98. The van der Waals surface area contributed by atoms with Gasteiger partial charge in [0.05, 0.1) is 0 Å². The molecule has 0 aliphatic carbocycles. The second-order valence-corrected chi connectivity index (χ2v) is 2.41. The number of nitro groups is 1. The van der Waals surface area contributed by atoms with Crippen molar-refractivity contribution in [3.8, 4) is 0 Å². The molecule has 0 N–H and O–H groups in total. The zero-order chi connectivity index (χ0) is 7.98. The fourth-order valence-electron chi connectivity index (χ4n) is 0.288. The van der Waals surface area contributed by atoms with Crippen molar-refractivity contribution in [3.63, 3.8) is 0 Å². The molecule has 0 unspecified atom stereocenters. The molecule has 0 amide bonds. The first-order chi connectivity index (χ1) is 4.63. The first-order valence-electron chi connectivity index (χ1n) is 2.49. The van der Waals surface area contributed by atoms with Crippen molar-refractivity contribution < 1.29 is 17.9 Å². The molecule has 0 bridgehead atoms. The Hall–Kier alpha value is -0.563. The summed E-state index contributed by atoms with van der Waals surface area (Å²) in [6, 6.07) is 0. The predicted molar refractivity (Wildman–Crippen MR) is 30.7 cm³/mol. The molecule has 1 radical (unpaired) electrons. The van der Waals surface area contributed by atoms with Crippen molar-refractivity contribution in [2.75, 3.05) is 19.4 Å². The van der Waals surface area contributed by atoms with Crippen LogP contribution in [-0.2, 0) is 4.74 Å². The SMILES string of the molecule is O=[N+]([O-])CCOC[Si](F)F. The summed E-state index contributed by atoms with van der Waals surface area (Å²) < 4.78 is 27.0. The topological polar surface area (TPSA) is 52.4 Å². The molecule has 0 spiro atoms. The van der Waals surface area contributed by atoms with E-state index in [1.807, 2.05) is 0 Å². The Morgan fingerprint density at radius 3 is 2.60 bits per heavy atom. The maximum absolute atomic E-state index is 11.4. The van der Waals surface area contributed by atoms with E-state index in [0.29, 0.717) is 0 Å². The van der Waals surface area contributed by atoms with Gasteiger partial charge in [0.25, 0.3) is 0 Å². The van der Waals surface area contributed by atoms with E-state index in [0.717, 1.165) is 0 Å². The highest BCUT2D eigenvalue weighted by atomic mass is 28.4. The fourth-order valence-corrected chi connectivity index (χ4v) is 0.587. The molecule has 4 nitrogen and oxygen atoms in total. The molecule has 0 aliphatic heterocycles. The Bertz CT molecular complexity index is 112. The lowest BCUT2D eigenvalue weighted by atomic mass is 10.7. The molecule has 0 heterocycles. The first kappa shape index (κ1) is 9.44. The van der Waals surface area contributed by atoms with Crippen molar-refractivity contribution in [2.45, 2.75) is 0 Å². The smallest absolute Gasteiger partial charge is 0.372 e. The fraction of sp³-hybridized carbons (Fsp3) is 1.00. The number of ether oxygens (including phenoxy) is 1. The van der Waals surface area contributed by atoms with Crippen LogP contribution < -0.4 is 0 Å². The lowest BCUT2D eigenvalue weighted by Gasteiger charge is -1.95. The molecule has 0 aliphatic rings. The minimum absolute atomic E-state index is 0.227. The van der Waals surface area contributed by atoms with Gasteiger partial charge in [-0.05, 0) is 0 Å². The van der Waals surface area contributed by atoms with E-state index < -0.39 is 27.2 Å². The van der Waals surface area contributed by atoms with Crippen LogP contribution in [-0.4, -0.2) is 33.8 Å². The van der Waals surface area contributed by atoms with Gasteiger partial charge in [0, 0.05) is 4.92 Å². The van der Waals surface area contributed by atoms with Crippen molar-refractivity contribution in [2.24, 2.45) is 0 Å². The van der Waals surface area contributed by atoms with Gasteiger partial charge >= 0.3 is 9.46 Å². The van der Waals surface area contributed by atoms with Gasteiger partial charge in [-0.2, -0.15) is 0 Å². The number of hydrogen-bond acceptors (Lipinski definition) is 3. The minimum Gasteiger partial charge on any atom is -0.372 e. The van der Waals surface area contributed by atoms with Crippen molar-refractivity contribution in [1.82, 2.24) is 0 Å². The number of hydrogen-bond donors (Lipinski definition) is 0. The molecule has 0 rings (SSSR count). The van der Waals surface area contributed by atoms with Gasteiger partial charge in [0.15, 0.2) is 0 Å². The Morgan fingerprint density at radius 1 is 1.60 bits per heavy atom. The minimum atomic E-state index is -3.38. The van der Waals surface area contributed by atoms with E-state index in [1.165, 1.54) is 0 Å². The van der Waals surface area contributed by atoms with Gasteiger partial charge < -0.3 is 4.74 Å². The van der Waals surface area contributed by atoms with Gasteiger partial charge in [0.2, 0.25) is 6.54 Å². The number of rotatable bonds is 5. The number of halogens is 2. The van der Waals surface area contributed by atoms with Crippen molar-refractivity contribution >= 4 is 9.46 Å². The summed E-state index contributed by atoms with van der Waals surface area (Å²) >= 11 is 0. The van der Waals surface area contributed by atoms with Gasteiger partial charge in [-0.3, -0.25) is 18.3 Å². The highest BCUT2D eigenvalue weighted by Gasteiger charge is 2.09. The molecule has 10 heavy (non-hydrogen) atoms. The summed E-state index contributed by atoms with van der Waals surface area (Å²) in [4.78, 5) is 8.98. The molecule has 0 fully saturated rings. The van der Waals surface area contributed by atoms with Crippen LogP contribution in [0, 0.1) is 10.1 Å². The average molecular weight is 170 g/mol. The van der Waals surface area contributed by atoms with Crippen LogP contribution in [0.4, 0.5) is 8.22 Å². The van der Waals surface area contributed by atoms with Crippen LogP contribution in [0.1, 0.15) is 0 Å². The lowest BCUT2D eigenvalue weighted by molar-refractivity contribution is -0.483. The van der Waals surface area contributed by atoms with Gasteiger partial charge in [0.1, 0.15) is 12.8 Å². The molecule has 0 aromatic carbocycles. The van der Waals surface area contributed by atoms with Crippen molar-refractivity contribution in [3.05, 3.63) is 10.1 Å². The van der Waals surface area contributed by atoms with Gasteiger partial charge in [-0.25, -0.2) is 0 Å². The van der Waals surface area contributed by atoms with E-state index >= 15 is 0 Å². The highest BCUT2D eigenvalue weighted by Crippen LogP contribution is 1.86. The maximum atomic E-state index is 11.4. The monoisotopic (exact) mass is 170 g/mol. The molecule has 0 atom stereocenters. The van der Waals surface area contributed by atoms with Crippen LogP contribution in [0.25, 0.3) is 0 Å². The summed E-state index contributed by atoms with van der Waals surface area (Å²) in [5, 5.41) is 9.59. The molecular formula is C3H6F2NO3Si. The quantitative estimate of drug-likeness (QED) is 0.195. The zero-order valence-electron chi connectivity index (χ0n) is 5.05. The summed E-state index contributed by atoms with van der Waals surface area (Å²) in [6.07, 6.45) is -0.626. The summed E-state index contributed by atoms with van der Waals surface area (Å²) in [5.74, 6) is 0. The Morgan fingerprint density at radius 2 is 2.20 bits per heavy atom. The third-order valence-electron chi connectivity index (χ3n) is 0.629. The van der Waals surface area contributed by atoms with Gasteiger partial charge in [-0.15, -0.1) is 0 Å². The molecule has 7 heteroatoms. The lowest BCUT2D eigenvalue weighted by Crippen LogP contribution is -2.15. The van der Waals surface area contributed by atoms with E-state index in [9.17, 15) is 18.3 Å². The average Bonchev–Trinajstić information content (AvgIpc) is 1.79. The largest absolute Gasteiger partial charge is 0.503 e. The normalized spacial score (nSPS) is 10.3. The molecule has 0 saturated heterocycles. The molecule has 59 valence electrons. The molecule has 0 aromatic rings. The highest BCUT2D eigenvalue weighted by molar-refractivity contribution is 6.42. The Kier molecular flexibility index (Phi) is 4.94. The van der Waals surface area contributed by atoms with Gasteiger partial charge in [-0.1, -0.05) is 0 Å². The first-order valence-corrected chi connectivity index (χ1v) is 3.95. The van der Waals surface area contributed by atoms with Crippen LogP contribution in [0.15, 0.2) is 0 Å². The van der Waals surface area contributed by atoms with Crippen LogP contribution >= 0.6 is 0 Å².